The van der Waals surface area contributed by atoms with Gasteiger partial charge in [-0.3, -0.25) is 24.5 Å². The maximum Gasteiger partial charge on any atom is 0.313 e. The highest BCUT2D eigenvalue weighted by Gasteiger charge is 2.49. The van der Waals surface area contributed by atoms with Crippen molar-refractivity contribution in [3.05, 3.63) is 70.2 Å². The second-order valence-electron chi connectivity index (χ2n) is 12.8. The van der Waals surface area contributed by atoms with Crippen LogP contribution >= 0.6 is 23.2 Å². The molecule has 2 aromatic heterocycles. The molecule has 0 radical (unpaired) electrons. The molecule has 12 nitrogen and oxygen atoms in total. The zero-order valence-corrected chi connectivity index (χ0v) is 29.3. The average Bonchev–Trinajstić information content (AvgIpc) is 3.85. The van der Waals surface area contributed by atoms with Crippen molar-refractivity contribution >= 4 is 35.1 Å². The van der Waals surface area contributed by atoms with E-state index in [0.717, 1.165) is 25.8 Å². The van der Waals surface area contributed by atoms with Crippen molar-refractivity contribution in [3.63, 3.8) is 0 Å². The number of rotatable bonds is 11. The van der Waals surface area contributed by atoms with E-state index < -0.39 is 5.41 Å². The van der Waals surface area contributed by atoms with Crippen molar-refractivity contribution in [1.29, 1.82) is 0 Å². The molecule has 1 amide bonds. The van der Waals surface area contributed by atoms with Crippen LogP contribution in [0.3, 0.4) is 0 Å². The number of benzene rings is 2. The van der Waals surface area contributed by atoms with Crippen molar-refractivity contribution in [2.24, 2.45) is 5.41 Å². The molecule has 7 rings (SSSR count). The second-order valence-corrected chi connectivity index (χ2v) is 13.6. The van der Waals surface area contributed by atoms with Gasteiger partial charge in [0, 0.05) is 60.9 Å². The number of cyclic esters (lactones) is 1. The molecule has 5 heterocycles. The Balaban J connectivity index is 1.11. The third kappa shape index (κ3) is 6.72. The van der Waals surface area contributed by atoms with E-state index in [1.54, 1.807) is 26.6 Å². The van der Waals surface area contributed by atoms with Crippen molar-refractivity contribution in [3.8, 4) is 45.4 Å². The summed E-state index contributed by atoms with van der Waals surface area (Å²) in [5.74, 6) is 0.760. The molecule has 2 aromatic carbocycles. The number of hydrogen-bond donors (Lipinski definition) is 2. The Morgan fingerprint density at radius 2 is 1.54 bits per heavy atom. The standard InChI is InChI=1S/C36H37Cl2N7O5/c1-48-33-28(16-39-15-21-9-10-30(46)42-21)40-17-26(43-33)24-7-3-5-22(31(24)37)23-6-4-8-25(32(23)38)27-18-41-29(34(44-27)49-2)19-45-13-11-36(20-45)12-14-50-35(36)47/h3-8,17-18,21,39H,9-16,19-20H2,1-2H3,(H,42,46)/t21-,36?/m0/s1. The Labute approximate surface area is 299 Å². The number of halogens is 2. The lowest BCUT2D eigenvalue weighted by Gasteiger charge is -2.20. The molecule has 1 unspecified atom stereocenters. The average molecular weight is 719 g/mol. The van der Waals surface area contributed by atoms with Gasteiger partial charge in [0.1, 0.15) is 11.4 Å². The van der Waals surface area contributed by atoms with Gasteiger partial charge in [0.05, 0.1) is 60.1 Å². The van der Waals surface area contributed by atoms with Gasteiger partial charge >= 0.3 is 5.97 Å². The fraction of sp³-hybridized carbons (Fsp3) is 0.389. The summed E-state index contributed by atoms with van der Waals surface area (Å²) < 4.78 is 16.5. The van der Waals surface area contributed by atoms with Gasteiger partial charge in [-0.1, -0.05) is 59.6 Å². The number of esters is 1. The van der Waals surface area contributed by atoms with E-state index in [-0.39, 0.29) is 17.9 Å². The summed E-state index contributed by atoms with van der Waals surface area (Å²) in [4.78, 5) is 44.9. The Kier molecular flexibility index (Phi) is 9.87. The molecular formula is C36H37Cl2N7O5. The molecule has 1 spiro atoms. The van der Waals surface area contributed by atoms with Crippen LogP contribution in [0.1, 0.15) is 37.1 Å². The molecule has 3 aliphatic rings. The van der Waals surface area contributed by atoms with Gasteiger partial charge in [0.25, 0.3) is 0 Å². The van der Waals surface area contributed by atoms with Gasteiger partial charge < -0.3 is 24.8 Å². The molecule has 3 aliphatic heterocycles. The zero-order chi connectivity index (χ0) is 34.8. The van der Waals surface area contributed by atoms with Gasteiger partial charge in [-0.25, -0.2) is 9.97 Å². The van der Waals surface area contributed by atoms with Gasteiger partial charge in [-0.2, -0.15) is 0 Å². The van der Waals surface area contributed by atoms with Crippen LogP contribution in [0.5, 0.6) is 11.8 Å². The number of likely N-dealkylation sites (tertiary alicyclic amines) is 1. The Hall–Kier alpha value is -4.36. The number of aromatic nitrogens is 4. The predicted octanol–water partition coefficient (Wildman–Crippen LogP) is 5.10. The van der Waals surface area contributed by atoms with Crippen LogP contribution in [-0.4, -0.2) is 83.2 Å². The van der Waals surface area contributed by atoms with Crippen molar-refractivity contribution in [2.45, 2.75) is 44.8 Å². The Bertz CT molecular complexity index is 1950. The van der Waals surface area contributed by atoms with E-state index in [1.165, 1.54) is 0 Å². The third-order valence-corrected chi connectivity index (χ3v) is 10.5. The lowest BCUT2D eigenvalue weighted by Crippen LogP contribution is -2.35. The molecule has 0 aliphatic carbocycles. The summed E-state index contributed by atoms with van der Waals surface area (Å²) in [7, 11) is 3.12. The first-order valence-electron chi connectivity index (χ1n) is 16.6. The summed E-state index contributed by atoms with van der Waals surface area (Å²) in [5, 5.41) is 7.20. The molecule has 14 heteroatoms. The maximum absolute atomic E-state index is 12.4. The van der Waals surface area contributed by atoms with Crippen molar-refractivity contribution in [2.75, 3.05) is 40.5 Å². The minimum Gasteiger partial charge on any atom is -0.480 e. The first-order valence-corrected chi connectivity index (χ1v) is 17.3. The number of hydrogen-bond acceptors (Lipinski definition) is 11. The van der Waals surface area contributed by atoms with Crippen LogP contribution in [-0.2, 0) is 27.4 Å². The summed E-state index contributed by atoms with van der Waals surface area (Å²) in [6.07, 6.45) is 6.25. The molecule has 3 fully saturated rings. The number of methoxy groups -OCH3 is 2. The first-order chi connectivity index (χ1) is 24.3. The monoisotopic (exact) mass is 717 g/mol. The van der Waals surface area contributed by atoms with E-state index in [9.17, 15) is 9.59 Å². The summed E-state index contributed by atoms with van der Waals surface area (Å²) >= 11 is 14.1. The van der Waals surface area contributed by atoms with Crippen molar-refractivity contribution in [1.82, 2.24) is 35.5 Å². The van der Waals surface area contributed by atoms with Crippen LogP contribution in [0.15, 0.2) is 48.8 Å². The van der Waals surface area contributed by atoms with E-state index in [4.69, 9.17) is 52.4 Å². The molecule has 0 bridgehead atoms. The van der Waals surface area contributed by atoms with E-state index >= 15 is 0 Å². The number of carbonyl (C=O) groups is 2. The smallest absolute Gasteiger partial charge is 0.313 e. The molecule has 4 aromatic rings. The molecule has 260 valence electrons. The largest absolute Gasteiger partial charge is 0.480 e. The summed E-state index contributed by atoms with van der Waals surface area (Å²) in [6, 6.07) is 11.5. The lowest BCUT2D eigenvalue weighted by molar-refractivity contribution is -0.145. The van der Waals surface area contributed by atoms with Crippen LogP contribution in [0.25, 0.3) is 33.6 Å². The highest BCUT2D eigenvalue weighted by Crippen LogP contribution is 2.43. The predicted molar refractivity (Wildman–Crippen MR) is 188 cm³/mol. The van der Waals surface area contributed by atoms with Gasteiger partial charge in [-0.05, 0) is 25.8 Å². The molecule has 50 heavy (non-hydrogen) atoms. The minimum absolute atomic E-state index is 0.0797. The lowest BCUT2D eigenvalue weighted by atomic mass is 9.86. The Morgan fingerprint density at radius 3 is 2.12 bits per heavy atom. The number of ether oxygens (including phenoxy) is 3. The third-order valence-electron chi connectivity index (χ3n) is 9.67. The minimum atomic E-state index is -0.413. The van der Waals surface area contributed by atoms with Crippen LogP contribution < -0.4 is 20.1 Å². The number of nitrogens with one attached hydrogen (secondary N) is 2. The number of amides is 1. The quantitative estimate of drug-likeness (QED) is 0.200. The summed E-state index contributed by atoms with van der Waals surface area (Å²) in [6.45, 7) is 3.47. The molecule has 2 N–H and O–H groups in total. The highest BCUT2D eigenvalue weighted by molar-refractivity contribution is 6.39. The fourth-order valence-corrected chi connectivity index (χ4v) is 7.60. The van der Waals surface area contributed by atoms with Gasteiger partial charge in [0.2, 0.25) is 17.7 Å². The zero-order valence-electron chi connectivity index (χ0n) is 27.8. The normalized spacial score (nSPS) is 20.4. The number of carbonyl (C=O) groups excluding carboxylic acids is 2. The van der Waals surface area contributed by atoms with Crippen LogP contribution in [0.4, 0.5) is 0 Å². The van der Waals surface area contributed by atoms with E-state index in [2.05, 4.69) is 20.5 Å². The first kappa shape index (κ1) is 34.1. The fourth-order valence-electron chi connectivity index (χ4n) is 6.95. The van der Waals surface area contributed by atoms with E-state index in [1.807, 2.05) is 36.4 Å². The van der Waals surface area contributed by atoms with Crippen LogP contribution in [0.2, 0.25) is 10.0 Å². The molecule has 0 saturated carbocycles. The number of nitrogens with zero attached hydrogens (tertiary/aromatic N) is 5. The SMILES string of the molecule is COc1nc(-c2cccc(-c3cccc(-c4cnc(CN5CCC6(CCOC6=O)C5)c(OC)n4)c3Cl)c2Cl)cnc1CNC[C@@H]1CCC(=O)N1. The molecular weight excluding hydrogens is 681 g/mol. The van der Waals surface area contributed by atoms with Crippen LogP contribution in [0, 0.1) is 5.41 Å². The Morgan fingerprint density at radius 1 is 0.920 bits per heavy atom. The summed E-state index contributed by atoms with van der Waals surface area (Å²) in [5.41, 5.74) is 4.79. The van der Waals surface area contributed by atoms with E-state index in [0.29, 0.717) is 106 Å². The van der Waals surface area contributed by atoms with Gasteiger partial charge in [-0.15, -0.1) is 0 Å². The maximum atomic E-state index is 12.4. The van der Waals surface area contributed by atoms with Gasteiger partial charge in [0.15, 0.2) is 0 Å². The van der Waals surface area contributed by atoms with Crippen molar-refractivity contribution < 1.29 is 23.8 Å². The second kappa shape index (κ2) is 14.5. The highest BCUT2D eigenvalue weighted by atomic mass is 35.5. The molecule has 2 atom stereocenters. The topological polar surface area (TPSA) is 141 Å². The molecule has 3 saturated heterocycles.